The summed E-state index contributed by atoms with van der Waals surface area (Å²) >= 11 is 2.74. The summed E-state index contributed by atoms with van der Waals surface area (Å²) in [5, 5.41) is 5.76. The maximum absolute atomic E-state index is 12.6. The van der Waals surface area contributed by atoms with Crippen LogP contribution in [0.5, 0.6) is 0 Å². The molecule has 3 heterocycles. The second-order valence-electron chi connectivity index (χ2n) is 6.64. The summed E-state index contributed by atoms with van der Waals surface area (Å²) in [7, 11) is 0. The van der Waals surface area contributed by atoms with E-state index in [0.29, 0.717) is 41.1 Å². The van der Waals surface area contributed by atoms with Crippen molar-refractivity contribution in [2.45, 2.75) is 37.8 Å². The Bertz CT molecular complexity index is 897. The first-order valence-electron chi connectivity index (χ1n) is 9.10. The third-order valence-electron chi connectivity index (χ3n) is 4.79. The summed E-state index contributed by atoms with van der Waals surface area (Å²) in [6.07, 6.45) is 5.59. The average Bonchev–Trinajstić information content (AvgIpc) is 3.20. The normalized spacial score (nSPS) is 16.8. The van der Waals surface area contributed by atoms with E-state index in [4.69, 9.17) is 0 Å². The summed E-state index contributed by atoms with van der Waals surface area (Å²) in [6, 6.07) is 0. The van der Waals surface area contributed by atoms with Crippen molar-refractivity contribution in [2.24, 2.45) is 5.92 Å². The van der Waals surface area contributed by atoms with Gasteiger partial charge in [-0.25, -0.2) is 9.97 Å². The highest BCUT2D eigenvalue weighted by Crippen LogP contribution is 2.21. The number of rotatable bonds is 6. The van der Waals surface area contributed by atoms with E-state index in [1.807, 2.05) is 6.26 Å². The standard InChI is InChI=1S/C18H23N5O3S2/c1-11-13(16(26)22-18(20-11)27-2)5-6-14(24)23-8-3-4-12(10-23)15(25)21-17-19-7-9-28-17/h7,9,12H,3-6,8,10H2,1-2H3,(H,19,21,25)(H,20,22,26). The number of H-pyrrole nitrogens is 1. The van der Waals surface area contributed by atoms with Gasteiger partial charge in [0.15, 0.2) is 10.3 Å². The number of aromatic nitrogens is 3. The van der Waals surface area contributed by atoms with Gasteiger partial charge >= 0.3 is 0 Å². The molecule has 0 saturated carbocycles. The fraction of sp³-hybridized carbons (Fsp3) is 0.500. The van der Waals surface area contributed by atoms with E-state index in [0.717, 1.165) is 12.8 Å². The van der Waals surface area contributed by atoms with Crippen molar-refractivity contribution in [2.75, 3.05) is 24.7 Å². The van der Waals surface area contributed by atoms with Crippen molar-refractivity contribution < 1.29 is 9.59 Å². The van der Waals surface area contributed by atoms with Crippen LogP contribution < -0.4 is 10.9 Å². The number of piperidine rings is 1. The van der Waals surface area contributed by atoms with E-state index in [-0.39, 0.29) is 29.7 Å². The summed E-state index contributed by atoms with van der Waals surface area (Å²) in [5.41, 5.74) is 1.01. The van der Waals surface area contributed by atoms with Crippen molar-refractivity contribution in [3.05, 3.63) is 33.2 Å². The number of anilines is 1. The van der Waals surface area contributed by atoms with Crippen molar-refractivity contribution in [3.8, 4) is 0 Å². The van der Waals surface area contributed by atoms with Crippen LogP contribution in [-0.4, -0.2) is 51.0 Å². The lowest BCUT2D eigenvalue weighted by atomic mass is 9.96. The molecule has 3 rings (SSSR count). The third kappa shape index (κ3) is 4.99. The van der Waals surface area contributed by atoms with Gasteiger partial charge < -0.3 is 15.2 Å². The van der Waals surface area contributed by atoms with Crippen molar-refractivity contribution in [1.82, 2.24) is 19.9 Å². The zero-order valence-electron chi connectivity index (χ0n) is 15.9. The van der Waals surface area contributed by atoms with Crippen molar-refractivity contribution >= 4 is 40.0 Å². The highest BCUT2D eigenvalue weighted by molar-refractivity contribution is 7.98. The lowest BCUT2D eigenvalue weighted by Crippen LogP contribution is -2.44. The van der Waals surface area contributed by atoms with Crippen molar-refractivity contribution in [1.29, 1.82) is 0 Å². The van der Waals surface area contributed by atoms with Crippen LogP contribution in [0.4, 0.5) is 5.13 Å². The minimum Gasteiger partial charge on any atom is -0.342 e. The number of carbonyl (C=O) groups excluding carboxylic acids is 2. The molecule has 150 valence electrons. The van der Waals surface area contributed by atoms with Gasteiger partial charge in [-0.3, -0.25) is 14.4 Å². The molecule has 2 amide bonds. The largest absolute Gasteiger partial charge is 0.342 e. The van der Waals surface area contributed by atoms with Gasteiger partial charge in [0, 0.05) is 42.3 Å². The molecule has 1 aliphatic rings. The monoisotopic (exact) mass is 421 g/mol. The topological polar surface area (TPSA) is 108 Å². The number of hydrogen-bond acceptors (Lipinski definition) is 7. The van der Waals surface area contributed by atoms with Gasteiger partial charge in [0.05, 0.1) is 5.92 Å². The number of thioether (sulfide) groups is 1. The Morgan fingerprint density at radius 3 is 2.96 bits per heavy atom. The van der Waals surface area contributed by atoms with Crippen molar-refractivity contribution in [3.63, 3.8) is 0 Å². The van der Waals surface area contributed by atoms with E-state index in [1.165, 1.54) is 23.1 Å². The van der Waals surface area contributed by atoms with Gasteiger partial charge in [0.2, 0.25) is 11.8 Å². The number of aromatic amines is 1. The second kappa shape index (κ2) is 9.33. The molecule has 1 aliphatic heterocycles. The molecule has 28 heavy (non-hydrogen) atoms. The Morgan fingerprint density at radius 2 is 2.29 bits per heavy atom. The average molecular weight is 422 g/mol. The lowest BCUT2D eigenvalue weighted by Gasteiger charge is -2.32. The molecule has 2 aromatic heterocycles. The van der Waals surface area contributed by atoms with Crippen LogP contribution >= 0.6 is 23.1 Å². The molecule has 0 aromatic carbocycles. The highest BCUT2D eigenvalue weighted by Gasteiger charge is 2.28. The maximum Gasteiger partial charge on any atom is 0.254 e. The molecule has 0 spiro atoms. The zero-order chi connectivity index (χ0) is 20.1. The van der Waals surface area contributed by atoms with E-state index in [2.05, 4.69) is 20.3 Å². The molecular formula is C18H23N5O3S2. The Morgan fingerprint density at radius 1 is 1.46 bits per heavy atom. The third-order valence-corrected chi connectivity index (χ3v) is 6.06. The zero-order valence-corrected chi connectivity index (χ0v) is 17.5. The number of amides is 2. The molecular weight excluding hydrogens is 398 g/mol. The highest BCUT2D eigenvalue weighted by atomic mass is 32.2. The van der Waals surface area contributed by atoms with Gasteiger partial charge in [-0.1, -0.05) is 11.8 Å². The fourth-order valence-corrected chi connectivity index (χ4v) is 4.23. The van der Waals surface area contributed by atoms with Crippen LogP contribution in [0.1, 0.15) is 30.5 Å². The molecule has 2 N–H and O–H groups in total. The predicted molar refractivity (Wildman–Crippen MR) is 110 cm³/mol. The Hall–Kier alpha value is -2.20. The van der Waals surface area contributed by atoms with E-state index < -0.39 is 0 Å². The van der Waals surface area contributed by atoms with Crippen LogP contribution in [0.2, 0.25) is 0 Å². The van der Waals surface area contributed by atoms with Crippen LogP contribution in [0.15, 0.2) is 21.5 Å². The molecule has 0 radical (unpaired) electrons. The molecule has 0 aliphatic carbocycles. The van der Waals surface area contributed by atoms with Gasteiger partial charge in [0.1, 0.15) is 0 Å². The summed E-state index contributed by atoms with van der Waals surface area (Å²) in [4.78, 5) is 50.1. The molecule has 1 atom stereocenters. The smallest absolute Gasteiger partial charge is 0.254 e. The number of aryl methyl sites for hydroxylation is 1. The van der Waals surface area contributed by atoms with Gasteiger partial charge in [-0.15, -0.1) is 11.3 Å². The number of thiazole rings is 1. The van der Waals surface area contributed by atoms with Gasteiger partial charge in [-0.05, 0) is 32.4 Å². The summed E-state index contributed by atoms with van der Waals surface area (Å²) in [6.45, 7) is 2.82. The second-order valence-corrected chi connectivity index (χ2v) is 8.33. The van der Waals surface area contributed by atoms with E-state index in [9.17, 15) is 14.4 Å². The molecule has 2 aromatic rings. The first-order chi connectivity index (χ1) is 13.5. The Labute approximate surface area is 171 Å². The van der Waals surface area contributed by atoms with Crippen LogP contribution in [0.25, 0.3) is 0 Å². The number of carbonyl (C=O) groups is 2. The molecule has 0 bridgehead atoms. The first-order valence-corrected chi connectivity index (χ1v) is 11.2. The lowest BCUT2D eigenvalue weighted by molar-refractivity contribution is -0.134. The number of nitrogens with zero attached hydrogens (tertiary/aromatic N) is 3. The predicted octanol–water partition coefficient (Wildman–Crippen LogP) is 2.07. The fourth-order valence-electron chi connectivity index (χ4n) is 3.28. The summed E-state index contributed by atoms with van der Waals surface area (Å²) < 4.78 is 0. The maximum atomic E-state index is 12.6. The SMILES string of the molecule is CSc1nc(C)c(CCC(=O)N2CCCC(C(=O)Nc3nccs3)C2)c(=O)[nH]1. The molecule has 1 unspecified atom stereocenters. The van der Waals surface area contributed by atoms with Gasteiger partial charge in [0.25, 0.3) is 5.56 Å². The number of hydrogen-bond donors (Lipinski definition) is 2. The number of nitrogens with one attached hydrogen (secondary N) is 2. The van der Waals surface area contributed by atoms with E-state index >= 15 is 0 Å². The molecule has 8 nitrogen and oxygen atoms in total. The van der Waals surface area contributed by atoms with Crippen LogP contribution in [-0.2, 0) is 16.0 Å². The summed E-state index contributed by atoms with van der Waals surface area (Å²) in [5.74, 6) is -0.384. The van der Waals surface area contributed by atoms with E-state index in [1.54, 1.807) is 23.4 Å². The Balaban J connectivity index is 1.57. The Kier molecular flexibility index (Phi) is 6.84. The number of likely N-dealkylation sites (tertiary alicyclic amines) is 1. The van der Waals surface area contributed by atoms with Gasteiger partial charge in [-0.2, -0.15) is 0 Å². The molecule has 1 saturated heterocycles. The first kappa shape index (κ1) is 20.5. The molecule has 1 fully saturated rings. The minimum atomic E-state index is -0.241. The molecule has 10 heteroatoms. The van der Waals surface area contributed by atoms with Crippen LogP contribution in [0.3, 0.4) is 0 Å². The quantitative estimate of drug-likeness (QED) is 0.546. The van der Waals surface area contributed by atoms with Crippen LogP contribution in [0, 0.1) is 12.8 Å². The minimum absolute atomic E-state index is 0.0421.